The molecular formula is C20H18N2O4. The summed E-state index contributed by atoms with van der Waals surface area (Å²) in [6.45, 7) is 3.13. The van der Waals surface area contributed by atoms with Crippen molar-refractivity contribution in [3.8, 4) is 11.5 Å². The van der Waals surface area contributed by atoms with E-state index in [0.29, 0.717) is 42.7 Å². The van der Waals surface area contributed by atoms with Crippen LogP contribution in [0.3, 0.4) is 0 Å². The van der Waals surface area contributed by atoms with Gasteiger partial charge in [0.15, 0.2) is 11.5 Å². The molecular weight excluding hydrogens is 332 g/mol. The van der Waals surface area contributed by atoms with Crippen LogP contribution in [0.15, 0.2) is 52.4 Å². The number of carbonyl (C=O) groups excluding carboxylic acids is 1. The van der Waals surface area contributed by atoms with E-state index in [1.165, 1.54) is 0 Å². The van der Waals surface area contributed by atoms with E-state index < -0.39 is 5.92 Å². The average molecular weight is 350 g/mol. The fourth-order valence-electron chi connectivity index (χ4n) is 2.97. The van der Waals surface area contributed by atoms with Crippen molar-refractivity contribution in [2.45, 2.75) is 6.92 Å². The Kier molecular flexibility index (Phi) is 4.39. The van der Waals surface area contributed by atoms with Crippen LogP contribution in [0.1, 0.15) is 12.5 Å². The van der Waals surface area contributed by atoms with E-state index in [-0.39, 0.29) is 5.97 Å². The molecule has 1 unspecified atom stereocenters. The normalized spacial score (nSPS) is 19.1. The second-order valence-electron chi connectivity index (χ2n) is 5.85. The second kappa shape index (κ2) is 7.00. The van der Waals surface area contributed by atoms with E-state index in [9.17, 15) is 4.79 Å². The number of carbonyl (C=O) groups is 1. The van der Waals surface area contributed by atoms with Gasteiger partial charge in [-0.2, -0.15) is 0 Å². The van der Waals surface area contributed by atoms with Crippen molar-refractivity contribution >= 4 is 29.3 Å². The molecule has 132 valence electrons. The maximum absolute atomic E-state index is 12.4. The smallest absolute Gasteiger partial charge is 0.320 e. The largest absolute Gasteiger partial charge is 0.486 e. The molecule has 0 saturated carbocycles. The first kappa shape index (κ1) is 16.3. The van der Waals surface area contributed by atoms with Crippen molar-refractivity contribution < 1.29 is 19.0 Å². The highest BCUT2D eigenvalue weighted by Gasteiger charge is 2.30. The second-order valence-corrected chi connectivity index (χ2v) is 5.85. The molecule has 0 amide bonds. The Balaban J connectivity index is 1.78. The van der Waals surface area contributed by atoms with Crippen molar-refractivity contribution in [3.63, 3.8) is 0 Å². The third-order valence-corrected chi connectivity index (χ3v) is 4.15. The first-order valence-corrected chi connectivity index (χ1v) is 8.54. The third kappa shape index (κ3) is 3.06. The summed E-state index contributed by atoms with van der Waals surface area (Å²) in [5.74, 6) is 0.358. The number of rotatable bonds is 3. The number of hydrogen-bond acceptors (Lipinski definition) is 6. The minimum absolute atomic E-state index is 0.308. The summed E-state index contributed by atoms with van der Waals surface area (Å²) in [4.78, 5) is 21.5. The van der Waals surface area contributed by atoms with Gasteiger partial charge in [-0.3, -0.25) is 14.8 Å². The molecule has 6 heteroatoms. The Bertz CT molecular complexity index is 904. The zero-order chi connectivity index (χ0) is 17.9. The Hall–Kier alpha value is -3.15. The van der Waals surface area contributed by atoms with Crippen molar-refractivity contribution in [2.24, 2.45) is 15.9 Å². The van der Waals surface area contributed by atoms with Crippen LogP contribution in [-0.4, -0.2) is 37.7 Å². The van der Waals surface area contributed by atoms with Crippen LogP contribution in [0.5, 0.6) is 11.5 Å². The number of esters is 1. The molecule has 0 bridgehead atoms. The molecule has 1 atom stereocenters. The maximum Gasteiger partial charge on any atom is 0.320 e. The highest BCUT2D eigenvalue weighted by Crippen LogP contribution is 2.35. The highest BCUT2D eigenvalue weighted by molar-refractivity contribution is 6.25. The molecule has 0 saturated heterocycles. The Labute approximate surface area is 151 Å². The molecule has 0 radical (unpaired) electrons. The predicted octanol–water partition coefficient (Wildman–Crippen LogP) is 3.47. The Morgan fingerprint density at radius 2 is 2.00 bits per heavy atom. The molecule has 0 aromatic heterocycles. The van der Waals surface area contributed by atoms with Gasteiger partial charge in [0, 0.05) is 17.8 Å². The molecule has 2 aromatic rings. The van der Waals surface area contributed by atoms with E-state index >= 15 is 0 Å². The fraction of sp³-hybridized carbons (Fsp3) is 0.250. The Morgan fingerprint density at radius 1 is 1.19 bits per heavy atom. The van der Waals surface area contributed by atoms with Crippen LogP contribution < -0.4 is 9.47 Å². The molecule has 2 aliphatic rings. The molecule has 0 fully saturated rings. The van der Waals surface area contributed by atoms with Gasteiger partial charge in [-0.15, -0.1) is 0 Å². The van der Waals surface area contributed by atoms with Gasteiger partial charge in [-0.1, -0.05) is 18.2 Å². The fourth-order valence-corrected chi connectivity index (χ4v) is 2.97. The van der Waals surface area contributed by atoms with Crippen LogP contribution in [0.25, 0.3) is 0 Å². The number of ether oxygens (including phenoxy) is 3. The molecule has 0 aliphatic carbocycles. The standard InChI is InChI=1S/C20H18N2O4/c1-2-24-20(23)15-12-21-16-6-4-3-5-14(16)19(15)22-13-7-8-17-18(11-13)26-10-9-25-17/h3-8,11-12,15H,2,9-10H2,1H3. The average Bonchev–Trinajstić information content (AvgIpc) is 2.68. The molecule has 2 heterocycles. The lowest BCUT2D eigenvalue weighted by molar-refractivity contribution is -0.143. The zero-order valence-corrected chi connectivity index (χ0v) is 14.3. The molecule has 0 spiro atoms. The zero-order valence-electron chi connectivity index (χ0n) is 14.3. The van der Waals surface area contributed by atoms with Gasteiger partial charge in [-0.05, 0) is 25.1 Å². The number of nitrogens with zero attached hydrogens (tertiary/aromatic N) is 2. The van der Waals surface area contributed by atoms with Crippen molar-refractivity contribution in [1.29, 1.82) is 0 Å². The predicted molar refractivity (Wildman–Crippen MR) is 98.3 cm³/mol. The number of fused-ring (bicyclic) bond motifs is 2. The van der Waals surface area contributed by atoms with Gasteiger partial charge in [0.25, 0.3) is 0 Å². The lowest BCUT2D eigenvalue weighted by Gasteiger charge is -2.21. The summed E-state index contributed by atoms with van der Waals surface area (Å²) < 4.78 is 16.4. The van der Waals surface area contributed by atoms with Crippen LogP contribution in [0.2, 0.25) is 0 Å². The van der Waals surface area contributed by atoms with E-state index in [0.717, 1.165) is 11.3 Å². The monoisotopic (exact) mass is 350 g/mol. The maximum atomic E-state index is 12.4. The van der Waals surface area contributed by atoms with Gasteiger partial charge in [-0.25, -0.2) is 0 Å². The van der Waals surface area contributed by atoms with Crippen LogP contribution >= 0.6 is 0 Å². The van der Waals surface area contributed by atoms with E-state index in [1.807, 2.05) is 42.5 Å². The van der Waals surface area contributed by atoms with Gasteiger partial charge >= 0.3 is 5.97 Å². The minimum Gasteiger partial charge on any atom is -0.486 e. The molecule has 0 N–H and O–H groups in total. The molecule has 2 aromatic carbocycles. The molecule has 2 aliphatic heterocycles. The van der Waals surface area contributed by atoms with Crippen LogP contribution in [-0.2, 0) is 9.53 Å². The van der Waals surface area contributed by atoms with Gasteiger partial charge in [0.1, 0.15) is 19.1 Å². The van der Waals surface area contributed by atoms with E-state index in [2.05, 4.69) is 4.99 Å². The lowest BCUT2D eigenvalue weighted by Crippen LogP contribution is -2.30. The molecule has 4 rings (SSSR count). The van der Waals surface area contributed by atoms with E-state index in [1.54, 1.807) is 13.1 Å². The van der Waals surface area contributed by atoms with Crippen molar-refractivity contribution in [1.82, 2.24) is 0 Å². The first-order valence-electron chi connectivity index (χ1n) is 8.54. The third-order valence-electron chi connectivity index (χ3n) is 4.15. The number of aliphatic imine (C=N–C) groups is 2. The number of hydrogen-bond donors (Lipinski definition) is 0. The number of benzene rings is 2. The summed E-state index contributed by atoms with van der Waals surface area (Å²) in [5.41, 5.74) is 2.90. The van der Waals surface area contributed by atoms with Gasteiger partial charge in [0.05, 0.1) is 23.7 Å². The van der Waals surface area contributed by atoms with Crippen molar-refractivity contribution in [2.75, 3.05) is 19.8 Å². The summed E-state index contributed by atoms with van der Waals surface area (Å²) in [6.07, 6.45) is 1.59. The van der Waals surface area contributed by atoms with Crippen LogP contribution in [0.4, 0.5) is 11.4 Å². The Morgan fingerprint density at radius 3 is 2.85 bits per heavy atom. The molecule has 26 heavy (non-hydrogen) atoms. The SMILES string of the molecule is CCOC(=O)C1C=Nc2ccccc2C1=Nc1ccc2c(c1)OCCO2. The topological polar surface area (TPSA) is 69.5 Å². The molecule has 6 nitrogen and oxygen atoms in total. The summed E-state index contributed by atoms with van der Waals surface area (Å²) in [5, 5.41) is 0. The lowest BCUT2D eigenvalue weighted by atomic mass is 9.93. The van der Waals surface area contributed by atoms with Gasteiger partial charge < -0.3 is 14.2 Å². The first-order chi connectivity index (χ1) is 12.8. The minimum atomic E-state index is -0.641. The summed E-state index contributed by atoms with van der Waals surface area (Å²) >= 11 is 0. The summed E-state index contributed by atoms with van der Waals surface area (Å²) in [7, 11) is 0. The summed E-state index contributed by atoms with van der Waals surface area (Å²) in [6, 6.07) is 13.1. The van der Waals surface area contributed by atoms with Crippen molar-refractivity contribution in [3.05, 3.63) is 48.0 Å². The van der Waals surface area contributed by atoms with E-state index in [4.69, 9.17) is 19.2 Å². The number of para-hydroxylation sites is 1. The highest BCUT2D eigenvalue weighted by atomic mass is 16.6. The quantitative estimate of drug-likeness (QED) is 0.795. The van der Waals surface area contributed by atoms with Crippen LogP contribution in [0, 0.1) is 5.92 Å². The van der Waals surface area contributed by atoms with Gasteiger partial charge in [0.2, 0.25) is 0 Å².